The lowest BCUT2D eigenvalue weighted by Gasteiger charge is -2.23. The van der Waals surface area contributed by atoms with Crippen LogP contribution in [0.5, 0.6) is 0 Å². The average molecular weight is 383 g/mol. The summed E-state index contributed by atoms with van der Waals surface area (Å²) >= 11 is 0. The first-order chi connectivity index (χ1) is 12.0. The molecule has 0 heterocycles. The van der Waals surface area contributed by atoms with Crippen LogP contribution < -0.4 is 21.7 Å². The Balaban J connectivity index is 0.00000338. The molecule has 2 rings (SSSR count). The molecule has 1 fully saturated rings. The normalized spacial score (nSPS) is 14.1. The van der Waals surface area contributed by atoms with Gasteiger partial charge in [-0.2, -0.15) is 0 Å². The Labute approximate surface area is 159 Å². The molecule has 0 spiro atoms. The Morgan fingerprint density at radius 2 is 1.81 bits per heavy atom. The van der Waals surface area contributed by atoms with E-state index in [9.17, 15) is 14.4 Å². The van der Waals surface area contributed by atoms with E-state index >= 15 is 0 Å². The highest BCUT2D eigenvalue weighted by atomic mass is 35.5. The van der Waals surface area contributed by atoms with Gasteiger partial charge in [-0.25, -0.2) is 0 Å². The quantitative estimate of drug-likeness (QED) is 0.596. The van der Waals surface area contributed by atoms with Crippen LogP contribution in [0.3, 0.4) is 0 Å². The smallest absolute Gasteiger partial charge is 0.251 e. The van der Waals surface area contributed by atoms with Gasteiger partial charge in [0.15, 0.2) is 0 Å². The first kappa shape index (κ1) is 21.9. The number of nitrogens with one attached hydrogen (secondary N) is 3. The molecule has 1 aromatic carbocycles. The van der Waals surface area contributed by atoms with Crippen molar-refractivity contribution < 1.29 is 14.4 Å². The molecule has 7 nitrogen and oxygen atoms in total. The van der Waals surface area contributed by atoms with Gasteiger partial charge >= 0.3 is 0 Å². The predicted octanol–water partition coefficient (Wildman–Crippen LogP) is 1.49. The first-order valence-corrected chi connectivity index (χ1v) is 8.67. The van der Waals surface area contributed by atoms with Crippen molar-refractivity contribution in [1.82, 2.24) is 10.6 Å². The fourth-order valence-electron chi connectivity index (χ4n) is 2.91. The van der Waals surface area contributed by atoms with Crippen molar-refractivity contribution >= 4 is 35.8 Å². The zero-order chi connectivity index (χ0) is 18.2. The van der Waals surface area contributed by atoms with Gasteiger partial charge in [-0.15, -0.1) is 12.4 Å². The van der Waals surface area contributed by atoms with E-state index in [-0.39, 0.29) is 49.3 Å². The lowest BCUT2D eigenvalue weighted by atomic mass is 9.95. The Bertz CT molecular complexity index is 645. The average Bonchev–Trinajstić information content (AvgIpc) is 2.62. The molecule has 0 unspecified atom stereocenters. The zero-order valence-electron chi connectivity index (χ0n) is 15.0. The summed E-state index contributed by atoms with van der Waals surface area (Å²) in [4.78, 5) is 35.2. The number of halogens is 1. The van der Waals surface area contributed by atoms with Crippen molar-refractivity contribution in [3.63, 3.8) is 0 Å². The maximum Gasteiger partial charge on any atom is 0.251 e. The fraction of sp³-hybridized carbons (Fsp3) is 0.500. The van der Waals surface area contributed by atoms with Crippen molar-refractivity contribution in [2.24, 2.45) is 5.73 Å². The molecule has 144 valence electrons. The summed E-state index contributed by atoms with van der Waals surface area (Å²) in [5.74, 6) is -0.811. The monoisotopic (exact) mass is 382 g/mol. The SMILES string of the molecule is Cc1cc(C(=O)NC2CCCCC2)ccc1NC(=O)CNC(=O)CN.Cl. The maximum absolute atomic E-state index is 12.4. The van der Waals surface area contributed by atoms with E-state index in [1.807, 2.05) is 6.92 Å². The van der Waals surface area contributed by atoms with Gasteiger partial charge in [-0.05, 0) is 43.5 Å². The second kappa shape index (κ2) is 10.8. The molecule has 1 aliphatic carbocycles. The number of hydrogen-bond acceptors (Lipinski definition) is 4. The summed E-state index contributed by atoms with van der Waals surface area (Å²) < 4.78 is 0. The van der Waals surface area contributed by atoms with Gasteiger partial charge in [0, 0.05) is 17.3 Å². The van der Waals surface area contributed by atoms with Crippen LogP contribution in [0.25, 0.3) is 0 Å². The Hall–Kier alpha value is -2.12. The van der Waals surface area contributed by atoms with E-state index in [1.54, 1.807) is 18.2 Å². The minimum absolute atomic E-state index is 0. The van der Waals surface area contributed by atoms with Crippen LogP contribution in [0.1, 0.15) is 48.0 Å². The van der Waals surface area contributed by atoms with Crippen LogP contribution in [0.4, 0.5) is 5.69 Å². The molecular weight excluding hydrogens is 356 g/mol. The van der Waals surface area contributed by atoms with E-state index in [0.29, 0.717) is 11.3 Å². The number of rotatable bonds is 6. The third kappa shape index (κ3) is 6.65. The maximum atomic E-state index is 12.4. The summed E-state index contributed by atoms with van der Waals surface area (Å²) in [6.07, 6.45) is 5.64. The Kier molecular flexibility index (Phi) is 9.09. The highest BCUT2D eigenvalue weighted by Crippen LogP contribution is 2.19. The molecule has 3 amide bonds. The van der Waals surface area contributed by atoms with E-state index < -0.39 is 0 Å². The molecule has 0 bridgehead atoms. The van der Waals surface area contributed by atoms with Crippen LogP contribution in [-0.2, 0) is 9.59 Å². The van der Waals surface area contributed by atoms with Crippen LogP contribution in [-0.4, -0.2) is 36.9 Å². The minimum Gasteiger partial charge on any atom is -0.349 e. The summed E-state index contributed by atoms with van der Waals surface area (Å²) in [7, 11) is 0. The van der Waals surface area contributed by atoms with Gasteiger partial charge in [0.1, 0.15) is 0 Å². The highest BCUT2D eigenvalue weighted by molar-refractivity contribution is 5.98. The van der Waals surface area contributed by atoms with Gasteiger partial charge in [-0.1, -0.05) is 19.3 Å². The minimum atomic E-state index is -0.387. The van der Waals surface area contributed by atoms with Crippen LogP contribution in [0.2, 0.25) is 0 Å². The molecule has 8 heteroatoms. The third-order valence-corrected chi connectivity index (χ3v) is 4.33. The standard InChI is InChI=1S/C18H26N4O3.ClH/c1-12-9-13(18(25)21-14-5-3-2-4-6-14)7-8-15(12)22-17(24)11-20-16(23)10-19;/h7-9,14H,2-6,10-11,19H2,1H3,(H,20,23)(H,21,25)(H,22,24);1H. The second-order valence-corrected chi connectivity index (χ2v) is 6.37. The van der Waals surface area contributed by atoms with Gasteiger partial charge in [0.2, 0.25) is 11.8 Å². The van der Waals surface area contributed by atoms with E-state index in [1.165, 1.54) is 6.42 Å². The molecule has 5 N–H and O–H groups in total. The zero-order valence-corrected chi connectivity index (χ0v) is 15.8. The van der Waals surface area contributed by atoms with E-state index in [4.69, 9.17) is 5.73 Å². The van der Waals surface area contributed by atoms with Crippen molar-refractivity contribution in [3.05, 3.63) is 29.3 Å². The molecule has 0 aliphatic heterocycles. The molecule has 1 aromatic rings. The van der Waals surface area contributed by atoms with Crippen molar-refractivity contribution in [3.8, 4) is 0 Å². The number of carbonyl (C=O) groups excluding carboxylic acids is 3. The van der Waals surface area contributed by atoms with Crippen molar-refractivity contribution in [2.75, 3.05) is 18.4 Å². The first-order valence-electron chi connectivity index (χ1n) is 8.67. The van der Waals surface area contributed by atoms with Crippen molar-refractivity contribution in [1.29, 1.82) is 0 Å². The summed E-state index contributed by atoms with van der Waals surface area (Å²) in [5.41, 5.74) is 7.15. The number of aryl methyl sites for hydroxylation is 1. The van der Waals surface area contributed by atoms with E-state index in [2.05, 4.69) is 16.0 Å². The van der Waals surface area contributed by atoms with Crippen molar-refractivity contribution in [2.45, 2.75) is 45.1 Å². The lowest BCUT2D eigenvalue weighted by Crippen LogP contribution is -2.37. The number of amides is 3. The number of hydrogen-bond donors (Lipinski definition) is 4. The number of nitrogens with two attached hydrogens (primary N) is 1. The topological polar surface area (TPSA) is 113 Å². The molecular formula is C18H27ClN4O3. The third-order valence-electron chi connectivity index (χ3n) is 4.33. The molecule has 26 heavy (non-hydrogen) atoms. The number of benzene rings is 1. The van der Waals surface area contributed by atoms with Crippen LogP contribution in [0.15, 0.2) is 18.2 Å². The lowest BCUT2D eigenvalue weighted by molar-refractivity contribution is -0.123. The van der Waals surface area contributed by atoms with Crippen LogP contribution >= 0.6 is 12.4 Å². The summed E-state index contributed by atoms with van der Waals surface area (Å²) in [6, 6.07) is 5.41. The molecule has 0 atom stereocenters. The number of anilines is 1. The van der Waals surface area contributed by atoms with Gasteiger partial charge in [0.05, 0.1) is 13.1 Å². The van der Waals surface area contributed by atoms with E-state index in [0.717, 1.165) is 31.2 Å². The second-order valence-electron chi connectivity index (χ2n) is 6.37. The Morgan fingerprint density at radius 3 is 2.42 bits per heavy atom. The molecule has 1 aliphatic rings. The molecule has 0 aromatic heterocycles. The Morgan fingerprint density at radius 1 is 1.12 bits per heavy atom. The number of carbonyl (C=O) groups is 3. The predicted molar refractivity (Wildman–Crippen MR) is 103 cm³/mol. The summed E-state index contributed by atoms with van der Waals surface area (Å²) in [6.45, 7) is 1.53. The molecule has 0 saturated heterocycles. The highest BCUT2D eigenvalue weighted by Gasteiger charge is 2.17. The van der Waals surface area contributed by atoms with Gasteiger partial charge in [0.25, 0.3) is 5.91 Å². The summed E-state index contributed by atoms with van der Waals surface area (Å²) in [5, 5.41) is 8.19. The van der Waals surface area contributed by atoms with Crippen LogP contribution in [0, 0.1) is 6.92 Å². The fourth-order valence-corrected chi connectivity index (χ4v) is 2.91. The molecule has 0 radical (unpaired) electrons. The van der Waals surface area contributed by atoms with Gasteiger partial charge in [-0.3, -0.25) is 14.4 Å². The largest absolute Gasteiger partial charge is 0.349 e. The molecule has 1 saturated carbocycles. The van der Waals surface area contributed by atoms with Gasteiger partial charge < -0.3 is 21.7 Å².